The summed E-state index contributed by atoms with van der Waals surface area (Å²) < 4.78 is 45.9. The molecule has 1 aliphatic heterocycles. The molecule has 29 heavy (non-hydrogen) atoms. The van der Waals surface area contributed by atoms with E-state index >= 15 is 0 Å². The number of aromatic nitrogens is 4. The number of benzene rings is 1. The highest BCUT2D eigenvalue weighted by molar-refractivity contribution is 7.89. The van der Waals surface area contributed by atoms with Crippen LogP contribution in [0.5, 0.6) is 0 Å². The fourth-order valence-corrected chi connectivity index (χ4v) is 4.28. The van der Waals surface area contributed by atoms with Gasteiger partial charge in [-0.1, -0.05) is 0 Å². The quantitative estimate of drug-likeness (QED) is 0.672. The lowest BCUT2D eigenvalue weighted by atomic mass is 10.2. The fourth-order valence-electron chi connectivity index (χ4n) is 2.85. The maximum Gasteiger partial charge on any atom is 0.243 e. The number of hydrogen-bond donors (Lipinski definition) is 1. The molecule has 1 unspecified atom stereocenters. The molecule has 9 nitrogen and oxygen atoms in total. The number of nitrogens with one attached hydrogen (secondary N) is 1. The van der Waals surface area contributed by atoms with Crippen molar-refractivity contribution in [1.82, 2.24) is 24.2 Å². The van der Waals surface area contributed by atoms with Gasteiger partial charge in [0.15, 0.2) is 5.82 Å². The highest BCUT2D eigenvalue weighted by atomic mass is 32.2. The summed E-state index contributed by atoms with van der Waals surface area (Å²) in [5.74, 6) is 0.283. The highest BCUT2D eigenvalue weighted by Crippen LogP contribution is 2.26. The average molecular weight is 416 g/mol. The largest absolute Gasteiger partial charge is 0.369 e. The SMILES string of the molecule is O=S(=O)(c1ccc(F)cc1)N1CCOC(c2cncc(Nc3ncccn3)n2)C1. The first-order valence-electron chi connectivity index (χ1n) is 8.76. The Kier molecular flexibility index (Phi) is 5.43. The number of nitrogens with zero attached hydrogens (tertiary/aromatic N) is 5. The van der Waals surface area contributed by atoms with Crippen molar-refractivity contribution in [2.24, 2.45) is 0 Å². The first-order valence-corrected chi connectivity index (χ1v) is 10.2. The van der Waals surface area contributed by atoms with Crippen LogP contribution in [-0.2, 0) is 14.8 Å². The summed E-state index contributed by atoms with van der Waals surface area (Å²) >= 11 is 0. The van der Waals surface area contributed by atoms with Crippen molar-refractivity contribution in [1.29, 1.82) is 0 Å². The van der Waals surface area contributed by atoms with E-state index in [9.17, 15) is 12.8 Å². The molecule has 1 aliphatic rings. The number of halogens is 1. The van der Waals surface area contributed by atoms with Crippen molar-refractivity contribution in [3.05, 3.63) is 66.6 Å². The summed E-state index contributed by atoms with van der Waals surface area (Å²) in [6.45, 7) is 0.464. The lowest BCUT2D eigenvalue weighted by Gasteiger charge is -2.31. The van der Waals surface area contributed by atoms with Crippen molar-refractivity contribution in [3.8, 4) is 0 Å². The van der Waals surface area contributed by atoms with Gasteiger partial charge < -0.3 is 10.1 Å². The molecular weight excluding hydrogens is 399 g/mol. The normalized spacial score (nSPS) is 17.8. The van der Waals surface area contributed by atoms with Crippen LogP contribution in [0.15, 0.2) is 60.0 Å². The molecule has 3 aromatic rings. The van der Waals surface area contributed by atoms with Gasteiger partial charge in [0.2, 0.25) is 16.0 Å². The van der Waals surface area contributed by atoms with Crippen LogP contribution in [0.25, 0.3) is 0 Å². The van der Waals surface area contributed by atoms with Gasteiger partial charge in [-0.25, -0.2) is 27.8 Å². The molecule has 0 aliphatic carbocycles. The zero-order valence-corrected chi connectivity index (χ0v) is 16.0. The standard InChI is InChI=1S/C18H17FN6O3S/c19-13-2-4-14(5-3-13)29(26,27)25-8-9-28-16(12-25)15-10-20-11-17(23-15)24-18-21-6-1-7-22-18/h1-7,10-11,16H,8-9,12H2,(H,21,22,23,24). The van der Waals surface area contributed by atoms with E-state index in [4.69, 9.17) is 4.74 Å². The molecule has 1 fully saturated rings. The van der Waals surface area contributed by atoms with E-state index < -0.39 is 21.9 Å². The van der Waals surface area contributed by atoms with E-state index in [-0.39, 0.29) is 24.6 Å². The number of morpholine rings is 1. The fraction of sp³-hybridized carbons (Fsp3) is 0.222. The third-order valence-corrected chi connectivity index (χ3v) is 6.15. The molecule has 1 aromatic carbocycles. The first kappa shape index (κ1) is 19.3. The summed E-state index contributed by atoms with van der Waals surface area (Å²) in [4.78, 5) is 16.7. The number of rotatable bonds is 5. The minimum Gasteiger partial charge on any atom is -0.369 e. The van der Waals surface area contributed by atoms with Crippen LogP contribution in [0.2, 0.25) is 0 Å². The first-order chi connectivity index (χ1) is 14.0. The van der Waals surface area contributed by atoms with Crippen molar-refractivity contribution in [2.45, 2.75) is 11.0 Å². The topological polar surface area (TPSA) is 110 Å². The smallest absolute Gasteiger partial charge is 0.243 e. The van der Waals surface area contributed by atoms with Gasteiger partial charge in [-0.05, 0) is 30.3 Å². The number of sulfonamides is 1. The maximum absolute atomic E-state index is 13.1. The third-order valence-electron chi connectivity index (χ3n) is 4.27. The van der Waals surface area contributed by atoms with Crippen LogP contribution in [0, 0.1) is 5.82 Å². The van der Waals surface area contributed by atoms with Crippen molar-refractivity contribution >= 4 is 21.8 Å². The predicted octanol–water partition coefficient (Wildman–Crippen LogP) is 1.91. The van der Waals surface area contributed by atoms with Gasteiger partial charge in [0.05, 0.1) is 29.6 Å². The molecule has 0 amide bonds. The van der Waals surface area contributed by atoms with E-state index in [1.807, 2.05) is 0 Å². The van der Waals surface area contributed by atoms with E-state index in [1.54, 1.807) is 18.5 Å². The Morgan fingerprint density at radius 3 is 2.66 bits per heavy atom. The Morgan fingerprint density at radius 1 is 1.14 bits per heavy atom. The molecule has 1 saturated heterocycles. The molecule has 1 atom stereocenters. The van der Waals surface area contributed by atoms with Gasteiger partial charge in [0.1, 0.15) is 11.9 Å². The second kappa shape index (κ2) is 8.15. The minimum atomic E-state index is -3.78. The van der Waals surface area contributed by atoms with E-state index in [2.05, 4.69) is 25.3 Å². The molecule has 2 aromatic heterocycles. The Labute approximate surface area is 166 Å². The molecule has 1 N–H and O–H groups in total. The van der Waals surface area contributed by atoms with E-state index in [1.165, 1.54) is 28.8 Å². The Bertz CT molecular complexity index is 1080. The number of anilines is 2. The van der Waals surface area contributed by atoms with Crippen molar-refractivity contribution < 1.29 is 17.5 Å². The van der Waals surface area contributed by atoms with Gasteiger partial charge in [-0.15, -0.1) is 0 Å². The van der Waals surface area contributed by atoms with E-state index in [0.29, 0.717) is 17.5 Å². The van der Waals surface area contributed by atoms with Gasteiger partial charge in [0, 0.05) is 25.5 Å². The zero-order chi connectivity index (χ0) is 20.3. The van der Waals surface area contributed by atoms with E-state index in [0.717, 1.165) is 12.1 Å². The van der Waals surface area contributed by atoms with Crippen molar-refractivity contribution in [2.75, 3.05) is 25.0 Å². The predicted molar refractivity (Wildman–Crippen MR) is 101 cm³/mol. The zero-order valence-electron chi connectivity index (χ0n) is 15.1. The van der Waals surface area contributed by atoms with Crippen LogP contribution >= 0.6 is 0 Å². The second-order valence-electron chi connectivity index (χ2n) is 6.20. The van der Waals surface area contributed by atoms with Crippen molar-refractivity contribution in [3.63, 3.8) is 0 Å². The number of ether oxygens (including phenoxy) is 1. The summed E-state index contributed by atoms with van der Waals surface area (Å²) in [5.41, 5.74) is 0.477. The molecule has 0 radical (unpaired) electrons. The summed E-state index contributed by atoms with van der Waals surface area (Å²) in [5, 5.41) is 2.94. The molecule has 0 spiro atoms. The molecule has 150 valence electrons. The van der Waals surface area contributed by atoms with Crippen LogP contribution in [0.1, 0.15) is 11.8 Å². The lowest BCUT2D eigenvalue weighted by Crippen LogP contribution is -2.42. The molecule has 0 bridgehead atoms. The highest BCUT2D eigenvalue weighted by Gasteiger charge is 2.32. The minimum absolute atomic E-state index is 0.0299. The summed E-state index contributed by atoms with van der Waals surface area (Å²) in [7, 11) is -3.78. The summed E-state index contributed by atoms with van der Waals surface area (Å²) in [6.07, 6.45) is 5.63. The molecule has 3 heterocycles. The lowest BCUT2D eigenvalue weighted by molar-refractivity contribution is -0.00506. The Balaban J connectivity index is 1.52. The van der Waals surface area contributed by atoms with Gasteiger partial charge in [-0.2, -0.15) is 4.31 Å². The molecule has 0 saturated carbocycles. The van der Waals surface area contributed by atoms with Crippen LogP contribution in [-0.4, -0.2) is 52.4 Å². The Morgan fingerprint density at radius 2 is 1.90 bits per heavy atom. The second-order valence-corrected chi connectivity index (χ2v) is 8.14. The maximum atomic E-state index is 13.1. The van der Waals surface area contributed by atoms with Crippen LogP contribution < -0.4 is 5.32 Å². The number of hydrogen-bond acceptors (Lipinski definition) is 8. The Hall–Kier alpha value is -3.02. The summed E-state index contributed by atoms with van der Waals surface area (Å²) in [6, 6.07) is 6.44. The third kappa shape index (κ3) is 4.36. The van der Waals surface area contributed by atoms with Crippen LogP contribution in [0.3, 0.4) is 0 Å². The van der Waals surface area contributed by atoms with Gasteiger partial charge in [-0.3, -0.25) is 4.98 Å². The monoisotopic (exact) mass is 416 g/mol. The molecular formula is C18H17FN6O3S. The van der Waals surface area contributed by atoms with Gasteiger partial charge in [0.25, 0.3) is 0 Å². The molecule has 11 heteroatoms. The van der Waals surface area contributed by atoms with Gasteiger partial charge >= 0.3 is 0 Å². The van der Waals surface area contributed by atoms with Crippen LogP contribution in [0.4, 0.5) is 16.2 Å². The average Bonchev–Trinajstić information content (AvgIpc) is 2.75. The molecule has 4 rings (SSSR count).